The Labute approximate surface area is 237 Å². The fourth-order valence-electron chi connectivity index (χ4n) is 4.17. The zero-order valence-corrected chi connectivity index (χ0v) is 23.7. The maximum absolute atomic E-state index is 15.8. The first-order chi connectivity index (χ1) is 20.1. The Hall–Kier alpha value is -3.35. The van der Waals surface area contributed by atoms with Crippen LogP contribution in [0.3, 0.4) is 0 Å². The van der Waals surface area contributed by atoms with Crippen LogP contribution in [0, 0.1) is 5.92 Å². The summed E-state index contributed by atoms with van der Waals surface area (Å²) in [6.07, 6.45) is -6.43. The van der Waals surface area contributed by atoms with E-state index in [1.165, 1.54) is 13.0 Å². The average molecular weight is 596 g/mol. The highest BCUT2D eigenvalue weighted by atomic mass is 31.2. The normalized spacial score (nSPS) is 25.4. The van der Waals surface area contributed by atoms with E-state index in [9.17, 15) is 24.1 Å². The number of aliphatic hydroxyl groups is 1. The highest BCUT2D eigenvalue weighted by molar-refractivity contribution is 7.52. The first kappa shape index (κ1) is 27.8. The third-order valence-corrected chi connectivity index (χ3v) is 7.95. The molecule has 222 valence electrons. The van der Waals surface area contributed by atoms with Crippen molar-refractivity contribution >= 4 is 24.5 Å². The van der Waals surface area contributed by atoms with Gasteiger partial charge in [0.2, 0.25) is 0 Å². The van der Waals surface area contributed by atoms with E-state index in [4.69, 9.17) is 21.3 Å². The molecular formula is C27H33FN3O9P. The summed E-state index contributed by atoms with van der Waals surface area (Å²) in [4.78, 5) is 38.5. The number of aliphatic hydroxyl groups excluding tert-OH is 1. The van der Waals surface area contributed by atoms with Gasteiger partial charge in [0.15, 0.2) is 11.9 Å². The number of H-pyrrole nitrogens is 1. The molecule has 6 atom stereocenters. The number of nitrogens with zero attached hydrogens (tertiary/aromatic N) is 1. The van der Waals surface area contributed by atoms with Gasteiger partial charge < -0.3 is 19.1 Å². The summed E-state index contributed by atoms with van der Waals surface area (Å²) < 4.78 is 68.2. The van der Waals surface area contributed by atoms with Gasteiger partial charge in [-0.2, -0.15) is 5.09 Å². The third kappa shape index (κ3) is 6.94. The van der Waals surface area contributed by atoms with Gasteiger partial charge in [0.25, 0.3) is 5.56 Å². The fraction of sp³-hybridized carbons (Fsp3) is 0.444. The first-order valence-corrected chi connectivity index (χ1v) is 14.4. The van der Waals surface area contributed by atoms with E-state index in [-0.39, 0.29) is 18.3 Å². The zero-order valence-electron chi connectivity index (χ0n) is 24.8. The molecule has 1 aliphatic rings. The van der Waals surface area contributed by atoms with E-state index >= 15 is 4.39 Å². The number of ether oxygens (including phenoxy) is 2. The first-order valence-electron chi connectivity index (χ1n) is 13.9. The number of halogens is 1. The topological polar surface area (TPSA) is 158 Å². The molecule has 2 heterocycles. The van der Waals surface area contributed by atoms with Crippen molar-refractivity contribution < 1.29 is 40.1 Å². The minimum atomic E-state index is -4.50. The second kappa shape index (κ2) is 12.3. The number of benzene rings is 2. The van der Waals surface area contributed by atoms with Crippen molar-refractivity contribution in [2.45, 2.75) is 57.8 Å². The zero-order chi connectivity index (χ0) is 31.7. The summed E-state index contributed by atoms with van der Waals surface area (Å²) >= 11 is 0. The highest BCUT2D eigenvalue weighted by Crippen LogP contribution is 2.48. The number of aromatic amines is 1. The molecule has 1 saturated heterocycles. The van der Waals surface area contributed by atoms with Crippen molar-refractivity contribution in [2.24, 2.45) is 5.92 Å². The van der Waals surface area contributed by atoms with Crippen molar-refractivity contribution in [3.8, 4) is 5.75 Å². The van der Waals surface area contributed by atoms with Gasteiger partial charge in [-0.3, -0.25) is 23.7 Å². The molecule has 0 amide bonds. The van der Waals surface area contributed by atoms with Crippen LogP contribution in [0.25, 0.3) is 10.8 Å². The minimum Gasteiger partial charge on any atom is -0.464 e. The lowest BCUT2D eigenvalue weighted by Gasteiger charge is -2.25. The van der Waals surface area contributed by atoms with Crippen LogP contribution in [0.1, 0.15) is 36.7 Å². The number of carbonyl (C=O) groups is 1. The van der Waals surface area contributed by atoms with E-state index in [2.05, 4.69) is 5.09 Å². The van der Waals surface area contributed by atoms with Crippen LogP contribution in [0.15, 0.2) is 64.3 Å². The standard InChI is InChI=1S/C27H33FN3O9P/c1-16(2)14-37-24(34)17(3)30-41(36,40-20-11-7-9-18-8-5-6-10-19(18)20)38-15-21-23(33)27(4,28)25(39-21)31-13-12-22(32)29-26(31)35/h5-13,16-17,21,23,25,33H,14-15H2,1-4H3,(H,30,36)(H,29,32,35)/t17?,21-,23-,25-,27-,41?/m1/s1/i12D,13D. The Morgan fingerprint density at radius 2 is 1.98 bits per heavy atom. The average Bonchev–Trinajstić information content (AvgIpc) is 3.17. The molecular weight excluding hydrogens is 560 g/mol. The molecule has 4 rings (SSSR count). The lowest BCUT2D eigenvalue weighted by Crippen LogP contribution is -2.43. The van der Waals surface area contributed by atoms with Gasteiger partial charge in [-0.25, -0.2) is 13.8 Å². The molecule has 2 aromatic carbocycles. The van der Waals surface area contributed by atoms with Crippen molar-refractivity contribution in [3.05, 3.63) is 75.5 Å². The second-order valence-electron chi connectivity index (χ2n) is 10.2. The van der Waals surface area contributed by atoms with E-state index in [1.807, 2.05) is 13.8 Å². The quantitative estimate of drug-likeness (QED) is 0.222. The molecule has 0 aliphatic carbocycles. The summed E-state index contributed by atoms with van der Waals surface area (Å²) in [5.74, 6) is -0.556. The van der Waals surface area contributed by atoms with Crippen LogP contribution in [0.5, 0.6) is 5.75 Å². The Kier molecular flexibility index (Phi) is 8.31. The Morgan fingerprint density at radius 1 is 1.27 bits per heavy atom. The molecule has 0 saturated carbocycles. The number of alkyl halides is 1. The van der Waals surface area contributed by atoms with E-state index < -0.39 is 73.9 Å². The van der Waals surface area contributed by atoms with Crippen molar-refractivity contribution in [2.75, 3.05) is 13.2 Å². The maximum atomic E-state index is 15.8. The molecule has 12 nitrogen and oxygen atoms in total. The van der Waals surface area contributed by atoms with Crippen LogP contribution in [-0.4, -0.2) is 57.8 Å². The van der Waals surface area contributed by atoms with E-state index in [1.54, 1.807) is 41.4 Å². The van der Waals surface area contributed by atoms with Gasteiger partial charge in [0.1, 0.15) is 24.0 Å². The number of rotatable bonds is 11. The summed E-state index contributed by atoms with van der Waals surface area (Å²) in [7, 11) is -4.50. The SMILES string of the molecule is [2H]c1c([2H])n([C@@H]2O[C@H](COP(=O)(NC(C)C(=O)OCC(C)C)Oc3cccc4ccccc34)[C@@H](O)[C@@]2(C)F)c(=O)[nH]c1=O. The number of aromatic nitrogens is 2. The van der Waals surface area contributed by atoms with Gasteiger partial charge in [0.05, 0.1) is 16.0 Å². The van der Waals surface area contributed by atoms with Gasteiger partial charge in [-0.1, -0.05) is 50.2 Å². The Bertz CT molecular complexity index is 1660. The van der Waals surface area contributed by atoms with Crippen LogP contribution < -0.4 is 20.9 Å². The number of nitrogens with one attached hydrogen (secondary N) is 2. The van der Waals surface area contributed by atoms with Gasteiger partial charge in [0, 0.05) is 17.6 Å². The fourth-order valence-corrected chi connectivity index (χ4v) is 5.69. The predicted molar refractivity (Wildman–Crippen MR) is 147 cm³/mol. The molecule has 2 unspecified atom stereocenters. The van der Waals surface area contributed by atoms with Crippen LogP contribution in [-0.2, 0) is 23.4 Å². The number of hydrogen-bond acceptors (Lipinski definition) is 9. The lowest BCUT2D eigenvalue weighted by molar-refractivity contribution is -0.146. The molecule has 3 N–H and O–H groups in total. The monoisotopic (exact) mass is 595 g/mol. The smallest absolute Gasteiger partial charge is 0.459 e. The molecule has 0 bridgehead atoms. The summed E-state index contributed by atoms with van der Waals surface area (Å²) in [6.45, 7) is 5.33. The maximum Gasteiger partial charge on any atom is 0.459 e. The van der Waals surface area contributed by atoms with E-state index in [0.717, 1.165) is 12.3 Å². The molecule has 1 fully saturated rings. The van der Waals surface area contributed by atoms with Crippen LogP contribution >= 0.6 is 7.75 Å². The van der Waals surface area contributed by atoms with E-state index in [0.29, 0.717) is 9.95 Å². The summed E-state index contributed by atoms with van der Waals surface area (Å²) in [5.41, 5.74) is -5.10. The van der Waals surface area contributed by atoms with Crippen LogP contribution in [0.2, 0.25) is 0 Å². The third-order valence-electron chi connectivity index (χ3n) is 6.32. The molecule has 0 radical (unpaired) electrons. The Balaban J connectivity index is 1.62. The largest absolute Gasteiger partial charge is 0.464 e. The summed E-state index contributed by atoms with van der Waals surface area (Å²) in [6, 6.07) is 9.97. The lowest BCUT2D eigenvalue weighted by atomic mass is 9.98. The van der Waals surface area contributed by atoms with Crippen molar-refractivity contribution in [1.29, 1.82) is 0 Å². The molecule has 41 heavy (non-hydrogen) atoms. The molecule has 0 spiro atoms. The van der Waals surface area contributed by atoms with Crippen molar-refractivity contribution in [3.63, 3.8) is 0 Å². The molecule has 14 heteroatoms. The van der Waals surface area contributed by atoms with Crippen molar-refractivity contribution in [1.82, 2.24) is 14.6 Å². The number of esters is 1. The predicted octanol–water partition coefficient (Wildman–Crippen LogP) is 3.06. The molecule has 1 aromatic heterocycles. The number of fused-ring (bicyclic) bond motifs is 1. The highest BCUT2D eigenvalue weighted by Gasteiger charge is 2.56. The molecule has 3 aromatic rings. The summed E-state index contributed by atoms with van der Waals surface area (Å²) in [5, 5.41) is 14.6. The van der Waals surface area contributed by atoms with Gasteiger partial charge in [-0.05, 0) is 31.2 Å². The minimum absolute atomic E-state index is 0.0421. The molecule has 1 aliphatic heterocycles. The van der Waals surface area contributed by atoms with Gasteiger partial charge >= 0.3 is 19.4 Å². The Morgan fingerprint density at radius 3 is 2.71 bits per heavy atom. The van der Waals surface area contributed by atoms with Gasteiger partial charge in [-0.15, -0.1) is 0 Å². The van der Waals surface area contributed by atoms with Crippen LogP contribution in [0.4, 0.5) is 4.39 Å². The number of hydrogen-bond donors (Lipinski definition) is 3. The number of carbonyl (C=O) groups excluding carboxylic acids is 1. The second-order valence-corrected chi connectivity index (χ2v) is 11.9.